The summed E-state index contributed by atoms with van der Waals surface area (Å²) in [5, 5.41) is 1.97. The summed E-state index contributed by atoms with van der Waals surface area (Å²) in [5.41, 5.74) is 0.682. The van der Waals surface area contributed by atoms with Gasteiger partial charge in [0.25, 0.3) is 0 Å². The van der Waals surface area contributed by atoms with Gasteiger partial charge >= 0.3 is 0 Å². The van der Waals surface area contributed by atoms with Gasteiger partial charge in [0.2, 0.25) is 11.8 Å². The van der Waals surface area contributed by atoms with Crippen LogP contribution in [0.2, 0.25) is 0 Å². The predicted octanol–water partition coefficient (Wildman–Crippen LogP) is 3.45. The first kappa shape index (κ1) is 15.3. The van der Waals surface area contributed by atoms with Crippen LogP contribution >= 0.6 is 11.3 Å². The Labute approximate surface area is 128 Å². The van der Waals surface area contributed by atoms with E-state index in [0.29, 0.717) is 30.4 Å². The number of oxazole rings is 1. The van der Waals surface area contributed by atoms with E-state index in [1.54, 1.807) is 28.4 Å². The summed E-state index contributed by atoms with van der Waals surface area (Å²) in [6.45, 7) is 10.2. The minimum atomic E-state index is -0.0103. The summed E-state index contributed by atoms with van der Waals surface area (Å²) in [4.78, 5) is 19.4. The Bertz CT molecular complexity index is 619. The molecule has 2 aromatic heterocycles. The zero-order chi connectivity index (χ0) is 15.2. The summed E-state index contributed by atoms with van der Waals surface area (Å²) in [6.07, 6.45) is 3.63. The van der Waals surface area contributed by atoms with Crippen molar-refractivity contribution < 1.29 is 9.21 Å². The average Bonchev–Trinajstić information content (AvgIpc) is 3.09. The Morgan fingerprint density at radius 2 is 2.14 bits per heavy atom. The molecule has 0 radical (unpaired) electrons. The van der Waals surface area contributed by atoms with E-state index in [9.17, 15) is 4.79 Å². The molecule has 0 N–H and O–H groups in total. The normalized spacial score (nSPS) is 10.3. The third kappa shape index (κ3) is 3.70. The predicted molar refractivity (Wildman–Crippen MR) is 85.2 cm³/mol. The number of hydrogen-bond donors (Lipinski definition) is 0. The quantitative estimate of drug-likeness (QED) is 0.736. The molecule has 5 heteroatoms. The number of amides is 1. The topological polar surface area (TPSA) is 46.3 Å². The monoisotopic (exact) mass is 302 g/mol. The highest BCUT2D eigenvalue weighted by molar-refractivity contribution is 7.13. The Kier molecular flexibility index (Phi) is 5.11. The molecule has 110 valence electrons. The van der Waals surface area contributed by atoms with Gasteiger partial charge in [0.15, 0.2) is 0 Å². The fourth-order valence-electron chi connectivity index (χ4n) is 1.94. The lowest BCUT2D eigenvalue weighted by atomic mass is 10.2. The second-order valence-electron chi connectivity index (χ2n) is 4.55. The molecular formula is C16H18N2O2S. The van der Waals surface area contributed by atoms with Crippen LogP contribution in [0.1, 0.15) is 11.5 Å². The number of rotatable bonds is 7. The summed E-state index contributed by atoms with van der Waals surface area (Å²) >= 11 is 1.56. The second kappa shape index (κ2) is 7.04. The highest BCUT2D eigenvalue weighted by Gasteiger charge is 2.18. The van der Waals surface area contributed by atoms with Crippen molar-refractivity contribution in [1.82, 2.24) is 9.88 Å². The first-order valence-electron chi connectivity index (χ1n) is 6.65. The van der Waals surface area contributed by atoms with Crippen molar-refractivity contribution >= 4 is 17.2 Å². The highest BCUT2D eigenvalue weighted by Crippen LogP contribution is 2.26. The summed E-state index contributed by atoms with van der Waals surface area (Å²) in [5.74, 6) is 1.25. The van der Waals surface area contributed by atoms with Gasteiger partial charge < -0.3 is 9.32 Å². The largest absolute Gasteiger partial charge is 0.440 e. The van der Waals surface area contributed by atoms with Gasteiger partial charge in [-0.25, -0.2) is 4.98 Å². The molecule has 2 rings (SSSR count). The zero-order valence-corrected chi connectivity index (χ0v) is 12.9. The first-order chi connectivity index (χ1) is 10.2. The van der Waals surface area contributed by atoms with Crippen molar-refractivity contribution in [1.29, 1.82) is 0 Å². The summed E-state index contributed by atoms with van der Waals surface area (Å²) in [6, 6.07) is 3.89. The van der Waals surface area contributed by atoms with Crippen molar-refractivity contribution in [2.24, 2.45) is 0 Å². The van der Waals surface area contributed by atoms with E-state index in [1.807, 2.05) is 24.4 Å². The Hall–Kier alpha value is -2.14. The molecule has 0 unspecified atom stereocenters. The molecule has 0 spiro atoms. The molecule has 0 bridgehead atoms. The molecule has 2 heterocycles. The van der Waals surface area contributed by atoms with Crippen LogP contribution in [0.3, 0.4) is 0 Å². The van der Waals surface area contributed by atoms with Crippen molar-refractivity contribution in [2.45, 2.75) is 13.3 Å². The Morgan fingerprint density at radius 3 is 2.71 bits per heavy atom. The number of aryl methyl sites for hydroxylation is 1. The molecule has 4 nitrogen and oxygen atoms in total. The molecule has 0 saturated heterocycles. The minimum Gasteiger partial charge on any atom is -0.440 e. The van der Waals surface area contributed by atoms with Crippen LogP contribution in [-0.4, -0.2) is 28.9 Å². The Morgan fingerprint density at radius 1 is 1.43 bits per heavy atom. The van der Waals surface area contributed by atoms with Gasteiger partial charge in [0.05, 0.1) is 17.0 Å². The van der Waals surface area contributed by atoms with Crippen LogP contribution in [0.25, 0.3) is 10.8 Å². The van der Waals surface area contributed by atoms with E-state index in [4.69, 9.17) is 4.42 Å². The third-order valence-electron chi connectivity index (χ3n) is 2.99. The lowest BCUT2D eigenvalue weighted by Gasteiger charge is -2.18. The van der Waals surface area contributed by atoms with Crippen LogP contribution in [-0.2, 0) is 11.2 Å². The van der Waals surface area contributed by atoms with Crippen LogP contribution in [0.4, 0.5) is 0 Å². The molecular weight excluding hydrogens is 284 g/mol. The lowest BCUT2D eigenvalue weighted by Crippen LogP contribution is -2.32. The average molecular weight is 302 g/mol. The smallest absolute Gasteiger partial charge is 0.236 e. The van der Waals surface area contributed by atoms with Crippen molar-refractivity contribution in [3.05, 3.63) is 54.3 Å². The van der Waals surface area contributed by atoms with E-state index in [-0.39, 0.29) is 12.3 Å². The fraction of sp³-hybridized carbons (Fsp3) is 0.250. The van der Waals surface area contributed by atoms with Gasteiger partial charge in [-0.15, -0.1) is 24.5 Å². The molecule has 0 aliphatic carbocycles. The zero-order valence-electron chi connectivity index (χ0n) is 12.0. The van der Waals surface area contributed by atoms with E-state index >= 15 is 0 Å². The Balaban J connectivity index is 2.13. The van der Waals surface area contributed by atoms with E-state index in [2.05, 4.69) is 18.1 Å². The van der Waals surface area contributed by atoms with Gasteiger partial charge in [-0.3, -0.25) is 4.79 Å². The standard InChI is InChI=1S/C16H18N2O2S/c1-4-8-18(9-5-2)15(19)11-13-12(3)20-16(17-13)14-7-6-10-21-14/h4-7,10H,1-2,8-9,11H2,3H3. The number of hydrogen-bond acceptors (Lipinski definition) is 4. The molecule has 21 heavy (non-hydrogen) atoms. The van der Waals surface area contributed by atoms with Gasteiger partial charge in [-0.1, -0.05) is 18.2 Å². The van der Waals surface area contributed by atoms with Crippen LogP contribution in [0.5, 0.6) is 0 Å². The maximum Gasteiger partial charge on any atom is 0.236 e. The first-order valence-corrected chi connectivity index (χ1v) is 7.53. The molecule has 0 aliphatic rings. The highest BCUT2D eigenvalue weighted by atomic mass is 32.1. The van der Waals surface area contributed by atoms with E-state index < -0.39 is 0 Å². The third-order valence-corrected chi connectivity index (χ3v) is 3.85. The molecule has 0 aliphatic heterocycles. The fourth-order valence-corrected chi connectivity index (χ4v) is 2.59. The van der Waals surface area contributed by atoms with Crippen molar-refractivity contribution in [2.75, 3.05) is 13.1 Å². The van der Waals surface area contributed by atoms with Crippen LogP contribution in [0, 0.1) is 6.92 Å². The SMILES string of the molecule is C=CCN(CC=C)C(=O)Cc1nc(-c2cccs2)oc1C. The van der Waals surface area contributed by atoms with Crippen molar-refractivity contribution in [3.63, 3.8) is 0 Å². The van der Waals surface area contributed by atoms with Gasteiger partial charge in [0.1, 0.15) is 5.76 Å². The number of carbonyl (C=O) groups is 1. The molecule has 0 saturated carbocycles. The minimum absolute atomic E-state index is 0.0103. The number of nitrogens with zero attached hydrogens (tertiary/aromatic N) is 2. The molecule has 0 fully saturated rings. The van der Waals surface area contributed by atoms with Crippen molar-refractivity contribution in [3.8, 4) is 10.8 Å². The summed E-state index contributed by atoms with van der Waals surface area (Å²) < 4.78 is 5.65. The lowest BCUT2D eigenvalue weighted by molar-refractivity contribution is -0.129. The molecule has 0 atom stereocenters. The van der Waals surface area contributed by atoms with Gasteiger partial charge in [-0.05, 0) is 18.4 Å². The summed E-state index contributed by atoms with van der Waals surface area (Å²) in [7, 11) is 0. The van der Waals surface area contributed by atoms with Gasteiger partial charge in [0, 0.05) is 13.1 Å². The molecule has 1 amide bonds. The van der Waals surface area contributed by atoms with Gasteiger partial charge in [-0.2, -0.15) is 0 Å². The van der Waals surface area contributed by atoms with Crippen LogP contribution < -0.4 is 0 Å². The molecule has 2 aromatic rings. The maximum atomic E-state index is 12.3. The maximum absolute atomic E-state index is 12.3. The second-order valence-corrected chi connectivity index (χ2v) is 5.50. The number of carbonyl (C=O) groups excluding carboxylic acids is 1. The molecule has 0 aromatic carbocycles. The van der Waals surface area contributed by atoms with E-state index in [0.717, 1.165) is 4.88 Å². The number of aromatic nitrogens is 1. The van der Waals surface area contributed by atoms with Crippen LogP contribution in [0.15, 0.2) is 47.2 Å². The van der Waals surface area contributed by atoms with E-state index in [1.165, 1.54) is 0 Å². The number of thiophene rings is 1.